The molecule has 1 aromatic rings. The molecular weight excluding hydrogens is 255 g/mol. The van der Waals surface area contributed by atoms with Gasteiger partial charge in [-0.1, -0.05) is 32.3 Å². The van der Waals surface area contributed by atoms with Gasteiger partial charge < -0.3 is 10.5 Å². The van der Waals surface area contributed by atoms with Crippen LogP contribution in [0.25, 0.3) is 0 Å². The Hall–Kier alpha value is -1.23. The van der Waals surface area contributed by atoms with Gasteiger partial charge in [0.2, 0.25) is 0 Å². The molecule has 108 valence electrons. The van der Waals surface area contributed by atoms with Crippen molar-refractivity contribution in [2.45, 2.75) is 45.4 Å². The van der Waals surface area contributed by atoms with E-state index in [1.165, 1.54) is 12.1 Å². The SMILES string of the molecule is CCCCCCOCc1ccc(N)cc1C(F)(F)F. The average Bonchev–Trinajstić information content (AvgIpc) is 2.34. The van der Waals surface area contributed by atoms with Gasteiger partial charge in [-0.25, -0.2) is 0 Å². The fourth-order valence-corrected chi connectivity index (χ4v) is 1.80. The van der Waals surface area contributed by atoms with Crippen LogP contribution in [0.15, 0.2) is 18.2 Å². The molecule has 0 spiro atoms. The molecule has 19 heavy (non-hydrogen) atoms. The lowest BCUT2D eigenvalue weighted by Crippen LogP contribution is -2.11. The number of ether oxygens (including phenoxy) is 1. The number of hydrogen-bond acceptors (Lipinski definition) is 2. The van der Waals surface area contributed by atoms with Crippen LogP contribution in [-0.4, -0.2) is 6.61 Å². The van der Waals surface area contributed by atoms with E-state index in [0.29, 0.717) is 6.61 Å². The maximum absolute atomic E-state index is 12.8. The van der Waals surface area contributed by atoms with Crippen LogP contribution < -0.4 is 5.73 Å². The molecule has 0 saturated heterocycles. The largest absolute Gasteiger partial charge is 0.416 e. The second-order valence-corrected chi connectivity index (χ2v) is 4.53. The van der Waals surface area contributed by atoms with E-state index in [1.54, 1.807) is 0 Å². The molecule has 0 radical (unpaired) electrons. The first-order chi connectivity index (χ1) is 8.95. The van der Waals surface area contributed by atoms with Gasteiger partial charge in [0.05, 0.1) is 12.2 Å². The topological polar surface area (TPSA) is 35.2 Å². The molecule has 0 atom stereocenters. The van der Waals surface area contributed by atoms with Crippen molar-refractivity contribution in [2.24, 2.45) is 0 Å². The summed E-state index contributed by atoms with van der Waals surface area (Å²) in [6.45, 7) is 2.56. The molecule has 0 aliphatic carbocycles. The summed E-state index contributed by atoms with van der Waals surface area (Å²) in [5.41, 5.74) is 4.93. The number of nitrogen functional groups attached to an aromatic ring is 1. The minimum atomic E-state index is -4.39. The van der Waals surface area contributed by atoms with Crippen LogP contribution in [0.1, 0.15) is 43.7 Å². The smallest absolute Gasteiger partial charge is 0.399 e. The number of alkyl halides is 3. The quantitative estimate of drug-likeness (QED) is 0.592. The van der Waals surface area contributed by atoms with Gasteiger partial charge >= 0.3 is 6.18 Å². The van der Waals surface area contributed by atoms with E-state index in [4.69, 9.17) is 10.5 Å². The Morgan fingerprint density at radius 1 is 1.16 bits per heavy atom. The maximum Gasteiger partial charge on any atom is 0.416 e. The Labute approximate surface area is 111 Å². The lowest BCUT2D eigenvalue weighted by Gasteiger charge is -2.13. The van der Waals surface area contributed by atoms with E-state index in [2.05, 4.69) is 6.92 Å². The lowest BCUT2D eigenvalue weighted by atomic mass is 10.1. The third kappa shape index (κ3) is 5.51. The number of nitrogens with two attached hydrogens (primary N) is 1. The summed E-state index contributed by atoms with van der Waals surface area (Å²) in [6, 6.07) is 3.80. The molecule has 0 heterocycles. The first-order valence-electron chi connectivity index (χ1n) is 6.48. The summed E-state index contributed by atoms with van der Waals surface area (Å²) in [4.78, 5) is 0. The van der Waals surface area contributed by atoms with E-state index >= 15 is 0 Å². The summed E-state index contributed by atoms with van der Waals surface area (Å²) in [5, 5.41) is 0. The van der Waals surface area contributed by atoms with Crippen molar-refractivity contribution in [1.29, 1.82) is 0 Å². The number of halogens is 3. The molecule has 2 N–H and O–H groups in total. The number of unbranched alkanes of at least 4 members (excludes halogenated alkanes) is 3. The Bertz CT molecular complexity index is 391. The molecule has 0 aromatic heterocycles. The van der Waals surface area contributed by atoms with Gasteiger partial charge in [-0.3, -0.25) is 0 Å². The Balaban J connectivity index is 2.54. The normalized spacial score (nSPS) is 11.8. The van der Waals surface area contributed by atoms with Crippen LogP contribution in [-0.2, 0) is 17.5 Å². The van der Waals surface area contributed by atoms with E-state index in [0.717, 1.165) is 31.7 Å². The average molecular weight is 275 g/mol. The van der Waals surface area contributed by atoms with Crippen LogP contribution in [0.5, 0.6) is 0 Å². The molecule has 1 aromatic carbocycles. The number of rotatable bonds is 7. The highest BCUT2D eigenvalue weighted by atomic mass is 19.4. The van der Waals surface area contributed by atoms with Crippen molar-refractivity contribution < 1.29 is 17.9 Å². The Morgan fingerprint density at radius 3 is 2.53 bits per heavy atom. The van der Waals surface area contributed by atoms with Crippen molar-refractivity contribution in [3.8, 4) is 0 Å². The maximum atomic E-state index is 12.8. The van der Waals surface area contributed by atoms with Crippen LogP contribution in [0.3, 0.4) is 0 Å². The van der Waals surface area contributed by atoms with E-state index < -0.39 is 11.7 Å². The van der Waals surface area contributed by atoms with Crippen molar-refractivity contribution in [3.63, 3.8) is 0 Å². The van der Waals surface area contributed by atoms with E-state index in [1.807, 2.05) is 0 Å². The van der Waals surface area contributed by atoms with Gasteiger partial charge in [-0.2, -0.15) is 13.2 Å². The third-order valence-corrected chi connectivity index (χ3v) is 2.84. The first kappa shape index (κ1) is 15.8. The minimum absolute atomic E-state index is 0.0265. The molecule has 0 aliphatic heterocycles. The third-order valence-electron chi connectivity index (χ3n) is 2.84. The van der Waals surface area contributed by atoms with Crippen molar-refractivity contribution in [1.82, 2.24) is 0 Å². The van der Waals surface area contributed by atoms with Gasteiger partial charge in [0, 0.05) is 12.3 Å². The molecule has 0 fully saturated rings. The standard InChI is InChI=1S/C14H20F3NO/c1-2-3-4-5-8-19-10-11-6-7-12(18)9-13(11)14(15,16)17/h6-7,9H,2-5,8,10,18H2,1H3. The zero-order valence-corrected chi connectivity index (χ0v) is 11.1. The predicted octanol–water partition coefficient (Wildman–Crippen LogP) is 4.38. The Morgan fingerprint density at radius 2 is 1.89 bits per heavy atom. The highest BCUT2D eigenvalue weighted by molar-refractivity contribution is 5.45. The second kappa shape index (κ2) is 7.38. The minimum Gasteiger partial charge on any atom is -0.399 e. The summed E-state index contributed by atoms with van der Waals surface area (Å²) in [5.74, 6) is 0. The van der Waals surface area contributed by atoms with E-state index in [9.17, 15) is 13.2 Å². The molecule has 0 aliphatic rings. The molecule has 0 saturated carbocycles. The van der Waals surface area contributed by atoms with Gasteiger partial charge in [-0.05, 0) is 24.1 Å². The first-order valence-corrected chi connectivity index (χ1v) is 6.48. The van der Waals surface area contributed by atoms with Gasteiger partial charge in [0.1, 0.15) is 0 Å². The number of hydrogen-bond donors (Lipinski definition) is 1. The zero-order chi connectivity index (χ0) is 14.3. The zero-order valence-electron chi connectivity index (χ0n) is 11.1. The van der Waals surface area contributed by atoms with Crippen LogP contribution >= 0.6 is 0 Å². The fraction of sp³-hybridized carbons (Fsp3) is 0.571. The molecule has 0 amide bonds. The molecule has 0 bridgehead atoms. The summed E-state index contributed by atoms with van der Waals surface area (Å²) in [7, 11) is 0. The molecule has 0 unspecified atom stereocenters. The van der Waals surface area contributed by atoms with Crippen LogP contribution in [0, 0.1) is 0 Å². The van der Waals surface area contributed by atoms with Crippen LogP contribution in [0.2, 0.25) is 0 Å². The lowest BCUT2D eigenvalue weighted by molar-refractivity contribution is -0.138. The number of benzene rings is 1. The van der Waals surface area contributed by atoms with Crippen molar-refractivity contribution in [2.75, 3.05) is 12.3 Å². The van der Waals surface area contributed by atoms with Crippen LogP contribution in [0.4, 0.5) is 18.9 Å². The van der Waals surface area contributed by atoms with E-state index in [-0.39, 0.29) is 17.9 Å². The number of anilines is 1. The molecule has 5 heteroatoms. The van der Waals surface area contributed by atoms with Gasteiger partial charge in [-0.15, -0.1) is 0 Å². The Kier molecular flexibility index (Phi) is 6.15. The fourth-order valence-electron chi connectivity index (χ4n) is 1.80. The summed E-state index contributed by atoms with van der Waals surface area (Å²) in [6.07, 6.45) is -0.222. The highest BCUT2D eigenvalue weighted by Crippen LogP contribution is 2.33. The second-order valence-electron chi connectivity index (χ2n) is 4.53. The molecule has 2 nitrogen and oxygen atoms in total. The molecule has 1 rings (SSSR count). The highest BCUT2D eigenvalue weighted by Gasteiger charge is 2.33. The van der Waals surface area contributed by atoms with Gasteiger partial charge in [0.15, 0.2) is 0 Å². The molecular formula is C14H20F3NO. The summed E-state index contributed by atoms with van der Waals surface area (Å²) >= 11 is 0. The van der Waals surface area contributed by atoms with Gasteiger partial charge in [0.25, 0.3) is 0 Å². The predicted molar refractivity (Wildman–Crippen MR) is 69.7 cm³/mol. The monoisotopic (exact) mass is 275 g/mol. The van der Waals surface area contributed by atoms with Crippen molar-refractivity contribution in [3.05, 3.63) is 29.3 Å². The van der Waals surface area contributed by atoms with Crippen molar-refractivity contribution >= 4 is 5.69 Å². The summed E-state index contributed by atoms with van der Waals surface area (Å²) < 4.78 is 43.7.